The largest absolute Gasteiger partial charge is 0.298 e. The van der Waals surface area contributed by atoms with Gasteiger partial charge in [0.1, 0.15) is 5.25 Å². The van der Waals surface area contributed by atoms with Crippen molar-refractivity contribution in [3.63, 3.8) is 0 Å². The summed E-state index contributed by atoms with van der Waals surface area (Å²) in [6, 6.07) is 0. The van der Waals surface area contributed by atoms with Crippen LogP contribution in [0.1, 0.15) is 27.2 Å². The van der Waals surface area contributed by atoms with E-state index in [2.05, 4.69) is 0 Å². The smallest absolute Gasteiger partial charge is 0.275 e. The number of Topliss-reactive ketones (excluding diaryl/α,β-unsaturated/α-hetero) is 1. The molecule has 0 aliphatic heterocycles. The van der Waals surface area contributed by atoms with Crippen molar-refractivity contribution in [3.05, 3.63) is 0 Å². The Morgan fingerprint density at radius 1 is 1.40 bits per heavy atom. The predicted molar refractivity (Wildman–Crippen MR) is 54.9 cm³/mol. The first-order valence-electron chi connectivity index (χ1n) is 5.17. The number of ketones is 1. The van der Waals surface area contributed by atoms with Gasteiger partial charge in [-0.25, -0.2) is 0 Å². The van der Waals surface area contributed by atoms with Crippen LogP contribution in [0.15, 0.2) is 0 Å². The van der Waals surface area contributed by atoms with Crippen LogP contribution >= 0.6 is 0 Å². The minimum Gasteiger partial charge on any atom is -0.298 e. The molecular formula is C10H16O4S. The maximum Gasteiger partial charge on any atom is 0.275 e. The summed E-state index contributed by atoms with van der Waals surface area (Å²) < 4.78 is 31.4. The molecule has 2 saturated carbocycles. The van der Waals surface area contributed by atoms with E-state index in [0.29, 0.717) is 6.42 Å². The fraction of sp³-hybridized carbons (Fsp3) is 0.900. The van der Waals surface area contributed by atoms with Crippen LogP contribution in [0.3, 0.4) is 0 Å². The van der Waals surface area contributed by atoms with Gasteiger partial charge in [0.25, 0.3) is 10.1 Å². The van der Waals surface area contributed by atoms with Crippen molar-refractivity contribution >= 4 is 15.9 Å². The van der Waals surface area contributed by atoms with Crippen LogP contribution in [0.2, 0.25) is 0 Å². The molecule has 0 radical (unpaired) electrons. The van der Waals surface area contributed by atoms with E-state index in [1.165, 1.54) is 0 Å². The molecule has 0 saturated heterocycles. The van der Waals surface area contributed by atoms with Gasteiger partial charge in [0.05, 0.1) is 0 Å². The second-order valence-corrected chi connectivity index (χ2v) is 6.93. The average Bonchev–Trinajstić information content (AvgIpc) is 2.48. The topological polar surface area (TPSA) is 71.4 Å². The van der Waals surface area contributed by atoms with Gasteiger partial charge in [0.2, 0.25) is 0 Å². The highest BCUT2D eigenvalue weighted by Gasteiger charge is 2.63. The van der Waals surface area contributed by atoms with E-state index in [0.717, 1.165) is 0 Å². The van der Waals surface area contributed by atoms with E-state index in [1.807, 2.05) is 20.8 Å². The summed E-state index contributed by atoms with van der Waals surface area (Å²) in [5.41, 5.74) is -0.182. The third-order valence-corrected chi connectivity index (χ3v) is 5.78. The van der Waals surface area contributed by atoms with Crippen molar-refractivity contribution in [2.75, 3.05) is 0 Å². The number of hydrogen-bond acceptors (Lipinski definition) is 3. The molecule has 15 heavy (non-hydrogen) atoms. The number of carbonyl (C=O) groups is 1. The van der Waals surface area contributed by atoms with Crippen LogP contribution < -0.4 is 0 Å². The second kappa shape index (κ2) is 2.83. The van der Waals surface area contributed by atoms with Crippen molar-refractivity contribution < 1.29 is 17.8 Å². The summed E-state index contributed by atoms with van der Waals surface area (Å²) in [5, 5.41) is -1.17. The summed E-state index contributed by atoms with van der Waals surface area (Å²) in [4.78, 5) is 11.8. The molecule has 4 nitrogen and oxygen atoms in total. The lowest BCUT2D eigenvalue weighted by molar-refractivity contribution is -0.125. The Kier molecular flexibility index (Phi) is 2.09. The standard InChI is InChI=1S/C10H16O4S/c1-5-6-4-7(10(5,2)3)9(8(6)11)15(12,13)14/h5-7,9H,4H2,1-3H3,(H,12,13,14)/t5-,6+,7+,9+/m0/s1. The van der Waals surface area contributed by atoms with Gasteiger partial charge in [0, 0.05) is 5.92 Å². The molecule has 1 N–H and O–H groups in total. The van der Waals surface area contributed by atoms with Gasteiger partial charge in [0.15, 0.2) is 5.78 Å². The molecule has 4 atom stereocenters. The first-order valence-corrected chi connectivity index (χ1v) is 6.67. The lowest BCUT2D eigenvalue weighted by Crippen LogP contribution is -2.46. The van der Waals surface area contributed by atoms with E-state index >= 15 is 0 Å². The van der Waals surface area contributed by atoms with Crippen molar-refractivity contribution in [1.82, 2.24) is 0 Å². The molecule has 0 spiro atoms. The summed E-state index contributed by atoms with van der Waals surface area (Å²) in [6.45, 7) is 5.95. The highest BCUT2D eigenvalue weighted by molar-refractivity contribution is 7.87. The molecule has 5 heteroatoms. The zero-order valence-electron chi connectivity index (χ0n) is 9.10. The van der Waals surface area contributed by atoms with Crippen LogP contribution in [0, 0.1) is 23.2 Å². The number of carbonyl (C=O) groups excluding carboxylic acids is 1. The third kappa shape index (κ3) is 1.29. The minimum absolute atomic E-state index is 0.182. The number of fused-ring (bicyclic) bond motifs is 2. The molecule has 0 aromatic rings. The van der Waals surface area contributed by atoms with Gasteiger partial charge >= 0.3 is 0 Å². The average molecular weight is 232 g/mol. The van der Waals surface area contributed by atoms with Crippen LogP contribution in [0.4, 0.5) is 0 Å². The van der Waals surface area contributed by atoms with Crippen molar-refractivity contribution in [1.29, 1.82) is 0 Å². The molecular weight excluding hydrogens is 216 g/mol. The highest BCUT2D eigenvalue weighted by atomic mass is 32.2. The molecule has 2 aliphatic rings. The third-order valence-electron chi connectivity index (χ3n) is 4.57. The van der Waals surface area contributed by atoms with Gasteiger partial charge < -0.3 is 0 Å². The van der Waals surface area contributed by atoms with E-state index < -0.39 is 15.4 Å². The molecule has 2 bridgehead atoms. The van der Waals surface area contributed by atoms with Crippen LogP contribution in [0.25, 0.3) is 0 Å². The Morgan fingerprint density at radius 3 is 2.33 bits per heavy atom. The summed E-state index contributed by atoms with van der Waals surface area (Å²) in [5.74, 6) is -0.487. The molecule has 0 aromatic heterocycles. The van der Waals surface area contributed by atoms with E-state index in [-0.39, 0.29) is 29.0 Å². The molecule has 0 aromatic carbocycles. The summed E-state index contributed by atoms with van der Waals surface area (Å²) in [6.07, 6.45) is 0.609. The Balaban J connectivity index is 2.46. The van der Waals surface area contributed by atoms with Crippen molar-refractivity contribution in [3.8, 4) is 0 Å². The molecule has 0 unspecified atom stereocenters. The molecule has 2 fully saturated rings. The quantitative estimate of drug-likeness (QED) is 0.688. The second-order valence-electron chi connectivity index (χ2n) is 5.40. The lowest BCUT2D eigenvalue weighted by Gasteiger charge is -2.38. The molecule has 0 amide bonds. The van der Waals surface area contributed by atoms with Crippen molar-refractivity contribution in [2.45, 2.75) is 32.4 Å². The molecule has 2 aliphatic carbocycles. The monoisotopic (exact) mass is 232 g/mol. The van der Waals surface area contributed by atoms with Crippen LogP contribution in [-0.2, 0) is 14.9 Å². The van der Waals surface area contributed by atoms with Crippen molar-refractivity contribution in [2.24, 2.45) is 23.2 Å². The van der Waals surface area contributed by atoms with Gasteiger partial charge in [-0.05, 0) is 23.7 Å². The summed E-state index contributed by atoms with van der Waals surface area (Å²) >= 11 is 0. The molecule has 2 rings (SSSR count). The Labute approximate surface area is 89.8 Å². The summed E-state index contributed by atoms with van der Waals surface area (Å²) in [7, 11) is -4.23. The Bertz CT molecular complexity index is 409. The van der Waals surface area contributed by atoms with Gasteiger partial charge in [-0.3, -0.25) is 9.35 Å². The first-order chi connectivity index (χ1) is 6.67. The van der Waals surface area contributed by atoms with Crippen LogP contribution in [0.5, 0.6) is 0 Å². The normalized spacial score (nSPS) is 43.6. The highest BCUT2D eigenvalue weighted by Crippen LogP contribution is 2.58. The SMILES string of the molecule is C[C@H]1[C@H]2C[C@H]([C@@H](S(=O)(=O)O)C2=O)C1(C)C. The van der Waals surface area contributed by atoms with Gasteiger partial charge in [-0.2, -0.15) is 8.42 Å². The minimum atomic E-state index is -4.23. The maximum atomic E-state index is 11.8. The Morgan fingerprint density at radius 2 is 1.93 bits per heavy atom. The maximum absolute atomic E-state index is 11.8. The number of hydrogen-bond donors (Lipinski definition) is 1. The molecule has 86 valence electrons. The van der Waals surface area contributed by atoms with E-state index in [9.17, 15) is 13.2 Å². The Hall–Kier alpha value is -0.420. The van der Waals surface area contributed by atoms with E-state index in [4.69, 9.17) is 4.55 Å². The van der Waals surface area contributed by atoms with Gasteiger partial charge in [-0.1, -0.05) is 20.8 Å². The molecule has 0 heterocycles. The van der Waals surface area contributed by atoms with Crippen LogP contribution in [-0.4, -0.2) is 24.0 Å². The predicted octanol–water partition coefficient (Wildman–Crippen LogP) is 1.12. The fourth-order valence-corrected chi connectivity index (χ4v) is 4.62. The van der Waals surface area contributed by atoms with E-state index in [1.54, 1.807) is 0 Å². The van der Waals surface area contributed by atoms with Gasteiger partial charge in [-0.15, -0.1) is 0 Å². The first kappa shape index (κ1) is 11.1. The fourth-order valence-electron chi connectivity index (χ4n) is 3.28. The number of rotatable bonds is 1. The zero-order chi connectivity index (χ0) is 11.6. The lowest BCUT2D eigenvalue weighted by atomic mass is 9.69. The zero-order valence-corrected chi connectivity index (χ0v) is 9.91.